The highest BCUT2D eigenvalue weighted by Gasteiger charge is 2.20. The van der Waals surface area contributed by atoms with E-state index in [2.05, 4.69) is 109 Å². The highest BCUT2D eigenvalue weighted by atomic mass is 16.5. The minimum absolute atomic E-state index is 0.917. The number of benzene rings is 6. The molecule has 1 aliphatic rings. The molecule has 1 nitrogen and oxygen atoms in total. The van der Waals surface area contributed by atoms with E-state index in [0.717, 1.165) is 17.1 Å². The summed E-state index contributed by atoms with van der Waals surface area (Å²) >= 11 is 0. The molecule has 0 bridgehead atoms. The summed E-state index contributed by atoms with van der Waals surface area (Å²) in [5.41, 5.74) is 4.85. The van der Waals surface area contributed by atoms with E-state index in [-0.39, 0.29) is 0 Å². The number of ether oxygens (including phenoxy) is 1. The number of hydrogen-bond acceptors (Lipinski definition) is 1. The molecule has 6 aromatic rings. The van der Waals surface area contributed by atoms with Gasteiger partial charge in [-0.1, -0.05) is 84.9 Å². The Morgan fingerprint density at radius 2 is 1.16 bits per heavy atom. The number of hydrogen-bond donors (Lipinski definition) is 0. The van der Waals surface area contributed by atoms with Crippen LogP contribution in [0.4, 0.5) is 0 Å². The molecule has 0 atom stereocenters. The summed E-state index contributed by atoms with van der Waals surface area (Å²) in [5.74, 6) is 1.85. The molecule has 0 spiro atoms. The van der Waals surface area contributed by atoms with Crippen LogP contribution in [0.15, 0.2) is 109 Å². The molecule has 0 amide bonds. The Morgan fingerprint density at radius 1 is 0.419 bits per heavy atom. The average Bonchev–Trinajstić information content (AvgIpc) is 2.84. The van der Waals surface area contributed by atoms with E-state index < -0.39 is 0 Å². The smallest absolute Gasteiger partial charge is 0.135 e. The van der Waals surface area contributed by atoms with E-state index in [9.17, 15) is 0 Å². The van der Waals surface area contributed by atoms with Crippen LogP contribution in [0.2, 0.25) is 0 Å². The van der Waals surface area contributed by atoms with Gasteiger partial charge in [0.1, 0.15) is 11.5 Å². The molecule has 0 aliphatic carbocycles. The van der Waals surface area contributed by atoms with Crippen LogP contribution >= 0.6 is 0 Å². The lowest BCUT2D eigenvalue weighted by atomic mass is 9.89. The first-order chi connectivity index (χ1) is 15.4. The summed E-state index contributed by atoms with van der Waals surface area (Å²) < 4.78 is 6.30. The Morgan fingerprint density at radius 3 is 2.06 bits per heavy atom. The fraction of sp³-hybridized carbons (Fsp3) is 0. The first-order valence-corrected chi connectivity index (χ1v) is 10.6. The second-order valence-electron chi connectivity index (χ2n) is 8.16. The minimum atomic E-state index is 0.917. The van der Waals surface area contributed by atoms with Crippen molar-refractivity contribution in [1.29, 1.82) is 0 Å². The quantitative estimate of drug-likeness (QED) is 0.253. The van der Waals surface area contributed by atoms with Gasteiger partial charge in [-0.25, -0.2) is 0 Å². The zero-order valence-corrected chi connectivity index (χ0v) is 16.8. The maximum Gasteiger partial charge on any atom is 0.135 e. The summed E-state index contributed by atoms with van der Waals surface area (Å²) in [7, 11) is 0. The molecule has 144 valence electrons. The van der Waals surface area contributed by atoms with Crippen molar-refractivity contribution in [3.63, 3.8) is 0 Å². The zero-order chi connectivity index (χ0) is 20.4. The molecule has 1 heterocycles. The van der Waals surface area contributed by atoms with Crippen LogP contribution in [0.25, 0.3) is 54.6 Å². The van der Waals surface area contributed by atoms with Gasteiger partial charge in [-0.15, -0.1) is 0 Å². The molecule has 0 saturated carbocycles. The van der Waals surface area contributed by atoms with Crippen LogP contribution < -0.4 is 4.74 Å². The van der Waals surface area contributed by atoms with Crippen molar-refractivity contribution in [3.05, 3.63) is 109 Å². The monoisotopic (exact) mass is 394 g/mol. The van der Waals surface area contributed by atoms with Crippen LogP contribution in [-0.2, 0) is 0 Å². The highest BCUT2D eigenvalue weighted by Crippen LogP contribution is 2.48. The molecule has 0 fully saturated rings. The Hall–Kier alpha value is -4.10. The van der Waals surface area contributed by atoms with Crippen molar-refractivity contribution in [1.82, 2.24) is 0 Å². The van der Waals surface area contributed by atoms with Gasteiger partial charge in [-0.3, -0.25) is 0 Å². The Bertz CT molecular complexity index is 1650. The highest BCUT2D eigenvalue weighted by molar-refractivity contribution is 6.14. The molecule has 1 heteroatoms. The number of fused-ring (bicyclic) bond motifs is 5. The first-order valence-electron chi connectivity index (χ1n) is 10.6. The van der Waals surface area contributed by atoms with Crippen LogP contribution in [-0.4, -0.2) is 0 Å². The lowest BCUT2D eigenvalue weighted by molar-refractivity contribution is 0.487. The topological polar surface area (TPSA) is 9.23 Å². The van der Waals surface area contributed by atoms with Crippen molar-refractivity contribution < 1.29 is 4.74 Å². The van der Waals surface area contributed by atoms with Crippen LogP contribution in [0.5, 0.6) is 11.5 Å². The second-order valence-corrected chi connectivity index (χ2v) is 8.16. The van der Waals surface area contributed by atoms with Crippen molar-refractivity contribution in [3.8, 4) is 33.8 Å². The molecule has 0 saturated heterocycles. The molecule has 0 unspecified atom stereocenters. The normalized spacial score (nSPS) is 12.1. The van der Waals surface area contributed by atoms with Gasteiger partial charge in [0.05, 0.1) is 0 Å². The van der Waals surface area contributed by atoms with Crippen LogP contribution in [0.3, 0.4) is 0 Å². The van der Waals surface area contributed by atoms with Gasteiger partial charge in [0, 0.05) is 10.9 Å². The van der Waals surface area contributed by atoms with E-state index in [1.54, 1.807) is 0 Å². The largest absolute Gasteiger partial charge is 0.456 e. The van der Waals surface area contributed by atoms with E-state index in [1.807, 2.05) is 0 Å². The fourth-order valence-corrected chi connectivity index (χ4v) is 5.02. The summed E-state index contributed by atoms with van der Waals surface area (Å²) in [6.07, 6.45) is 0. The lowest BCUT2D eigenvalue weighted by Gasteiger charge is -2.22. The third kappa shape index (κ3) is 2.38. The Balaban J connectivity index is 1.53. The van der Waals surface area contributed by atoms with Gasteiger partial charge < -0.3 is 4.74 Å². The van der Waals surface area contributed by atoms with E-state index in [1.165, 1.54) is 49.0 Å². The third-order valence-corrected chi connectivity index (χ3v) is 6.44. The summed E-state index contributed by atoms with van der Waals surface area (Å²) in [4.78, 5) is 0. The molecule has 0 N–H and O–H groups in total. The maximum absolute atomic E-state index is 6.30. The summed E-state index contributed by atoms with van der Waals surface area (Å²) in [6.45, 7) is 0. The average molecular weight is 394 g/mol. The maximum atomic E-state index is 6.30. The van der Waals surface area contributed by atoms with Crippen molar-refractivity contribution in [2.75, 3.05) is 0 Å². The SMILES string of the molecule is c1cc2c3c(cccc3c1)-c1cc(-c3cc4ccccc4c4ccccc34)ccc1O2. The van der Waals surface area contributed by atoms with E-state index >= 15 is 0 Å². The summed E-state index contributed by atoms with van der Waals surface area (Å²) in [5, 5.41) is 7.52. The van der Waals surface area contributed by atoms with Gasteiger partial charge in [0.2, 0.25) is 0 Å². The van der Waals surface area contributed by atoms with Crippen LogP contribution in [0.1, 0.15) is 0 Å². The third-order valence-electron chi connectivity index (χ3n) is 6.44. The van der Waals surface area contributed by atoms with Gasteiger partial charge in [-0.2, -0.15) is 0 Å². The second kappa shape index (κ2) is 6.20. The molecular weight excluding hydrogens is 376 g/mol. The Kier molecular flexibility index (Phi) is 3.33. The Labute approximate surface area is 180 Å². The molecule has 7 rings (SSSR count). The lowest BCUT2D eigenvalue weighted by Crippen LogP contribution is -1.97. The van der Waals surface area contributed by atoms with Gasteiger partial charge >= 0.3 is 0 Å². The summed E-state index contributed by atoms with van der Waals surface area (Å²) in [6, 6.07) is 39.0. The first kappa shape index (κ1) is 16.7. The standard InChI is InChI=1S/C30H18O/c1-2-10-22-20(7-1)17-26(24-12-4-3-11-23(22)24)21-15-16-28-27(18-21)25-13-5-8-19-9-6-14-29(31-28)30(19)25/h1-18H. The van der Waals surface area contributed by atoms with Crippen LogP contribution in [0, 0.1) is 0 Å². The molecule has 31 heavy (non-hydrogen) atoms. The zero-order valence-electron chi connectivity index (χ0n) is 16.8. The van der Waals surface area contributed by atoms with Gasteiger partial charge in [0.25, 0.3) is 0 Å². The van der Waals surface area contributed by atoms with E-state index in [4.69, 9.17) is 4.74 Å². The van der Waals surface area contributed by atoms with Gasteiger partial charge in [-0.05, 0) is 67.9 Å². The molecule has 1 aliphatic heterocycles. The molecule has 0 aromatic heterocycles. The predicted molar refractivity (Wildman–Crippen MR) is 130 cm³/mol. The molecule has 0 radical (unpaired) electrons. The van der Waals surface area contributed by atoms with Gasteiger partial charge in [0.15, 0.2) is 0 Å². The van der Waals surface area contributed by atoms with Crippen molar-refractivity contribution in [2.24, 2.45) is 0 Å². The van der Waals surface area contributed by atoms with E-state index in [0.29, 0.717) is 0 Å². The fourth-order valence-electron chi connectivity index (χ4n) is 5.02. The minimum Gasteiger partial charge on any atom is -0.456 e. The predicted octanol–water partition coefficient (Wildman–Crippen LogP) is 8.59. The number of rotatable bonds is 1. The van der Waals surface area contributed by atoms with Crippen molar-refractivity contribution in [2.45, 2.75) is 0 Å². The van der Waals surface area contributed by atoms with Crippen molar-refractivity contribution >= 4 is 32.3 Å². The molecule has 6 aromatic carbocycles. The molecular formula is C30H18O.